The molecule has 0 unspecified atom stereocenters. The van der Waals surface area contributed by atoms with Gasteiger partial charge in [0.2, 0.25) is 34.4 Å². The lowest BCUT2D eigenvalue weighted by atomic mass is 9.79. The Balaban J connectivity index is 1.51. The lowest BCUT2D eigenvalue weighted by Crippen LogP contribution is -2.62. The summed E-state index contributed by atoms with van der Waals surface area (Å²) in [4.78, 5) is 32.2. The summed E-state index contributed by atoms with van der Waals surface area (Å²) in [6.45, 7) is 24.4. The Morgan fingerprint density at radius 1 is 0.596 bits per heavy atom. The Bertz CT molecular complexity index is 1200. The van der Waals surface area contributed by atoms with E-state index >= 15 is 0 Å². The Kier molecular flexibility index (Phi) is 12.1. The van der Waals surface area contributed by atoms with E-state index in [1.165, 1.54) is 0 Å². The molecule has 2 saturated heterocycles. The normalized spacial score (nSPS) is 20.5. The van der Waals surface area contributed by atoms with Crippen molar-refractivity contribution in [3.63, 3.8) is 0 Å². The number of nitrogens with zero attached hydrogens (tertiary/aromatic N) is 8. The second kappa shape index (κ2) is 15.1. The Labute approximate surface area is 292 Å². The first-order valence-corrected chi connectivity index (χ1v) is 18.1. The highest BCUT2D eigenvalue weighted by molar-refractivity contribution is 6.28. The third-order valence-corrected chi connectivity index (χ3v) is 9.26. The topological polar surface area (TPSA) is 132 Å². The molecular weight excluding hydrogens is 635 g/mol. The zero-order valence-electron chi connectivity index (χ0n) is 30.3. The summed E-state index contributed by atoms with van der Waals surface area (Å²) in [6.07, 6.45) is 8.08. The van der Waals surface area contributed by atoms with Crippen LogP contribution in [0.15, 0.2) is 0 Å². The molecule has 2 aliphatic heterocycles. The lowest BCUT2D eigenvalue weighted by molar-refractivity contribution is 0.157. The largest absolute Gasteiger partial charge is 0.338 e. The third kappa shape index (κ3) is 10.9. The Hall–Kier alpha value is -2.28. The maximum atomic E-state index is 6.48. The molecule has 0 saturated carbocycles. The van der Waals surface area contributed by atoms with Crippen molar-refractivity contribution in [2.24, 2.45) is 0 Å². The maximum absolute atomic E-state index is 6.48. The molecule has 264 valence electrons. The number of hydrogen-bond donors (Lipinski definition) is 4. The first-order chi connectivity index (χ1) is 21.9. The van der Waals surface area contributed by atoms with Crippen LogP contribution in [0.3, 0.4) is 0 Å². The van der Waals surface area contributed by atoms with Gasteiger partial charge in [0.1, 0.15) is 0 Å². The van der Waals surface area contributed by atoms with Crippen molar-refractivity contribution in [3.8, 4) is 0 Å². The van der Waals surface area contributed by atoms with Crippen molar-refractivity contribution in [2.45, 2.75) is 155 Å². The van der Waals surface area contributed by atoms with E-state index in [1.54, 1.807) is 0 Å². The summed E-state index contributed by atoms with van der Waals surface area (Å²) in [5.74, 6) is 1.93. The van der Waals surface area contributed by atoms with Gasteiger partial charge >= 0.3 is 0 Å². The molecule has 2 fully saturated rings. The van der Waals surface area contributed by atoms with Crippen molar-refractivity contribution in [3.05, 3.63) is 10.6 Å². The van der Waals surface area contributed by atoms with Crippen molar-refractivity contribution in [2.75, 3.05) is 40.2 Å². The molecule has 0 aromatic carbocycles. The van der Waals surface area contributed by atoms with Gasteiger partial charge in [-0.15, -0.1) is 0 Å². The van der Waals surface area contributed by atoms with E-state index in [-0.39, 0.29) is 51.5 Å². The van der Waals surface area contributed by atoms with Crippen LogP contribution < -0.4 is 31.1 Å². The molecule has 0 atom stereocenters. The average molecular weight is 694 g/mol. The molecule has 4 rings (SSSR count). The molecule has 0 aliphatic carbocycles. The highest BCUT2D eigenvalue weighted by atomic mass is 35.5. The minimum absolute atomic E-state index is 0.0181. The van der Waals surface area contributed by atoms with Gasteiger partial charge in [0.05, 0.1) is 6.67 Å². The molecule has 14 heteroatoms. The van der Waals surface area contributed by atoms with Gasteiger partial charge in [0.15, 0.2) is 0 Å². The molecular formula is C33H58Cl2N12. The molecule has 4 N–H and O–H groups in total. The fourth-order valence-corrected chi connectivity index (χ4v) is 8.13. The van der Waals surface area contributed by atoms with E-state index < -0.39 is 0 Å². The lowest BCUT2D eigenvalue weighted by Gasteiger charge is -2.49. The highest BCUT2D eigenvalue weighted by Crippen LogP contribution is 2.35. The van der Waals surface area contributed by atoms with Gasteiger partial charge in [-0.1, -0.05) is 26.7 Å². The van der Waals surface area contributed by atoms with Crippen molar-refractivity contribution in [1.29, 1.82) is 0 Å². The molecule has 47 heavy (non-hydrogen) atoms. The van der Waals surface area contributed by atoms with Gasteiger partial charge in [-0.2, -0.15) is 29.9 Å². The standard InChI is InChI=1S/C33H58Cl2N12/c1-11-13-15-46(22-17-30(3,4)44-31(5,6)18-22)28-40-24(34)38-26(42-28)36-21-37-27-39-25(35)41-29(43-27)47(16-14-12-2)23-19-32(7,8)45-33(9,10)20-23/h22-23,44-45H,11-21H2,1-10H3,(H,36,38,40,42)(H,37,39,41,43). The number of nitrogens with one attached hydrogen (secondary N) is 4. The van der Waals surface area contributed by atoms with Crippen LogP contribution in [0.5, 0.6) is 0 Å². The quantitative estimate of drug-likeness (QED) is 0.158. The van der Waals surface area contributed by atoms with E-state index in [0.29, 0.717) is 23.8 Å². The summed E-state index contributed by atoms with van der Waals surface area (Å²) in [5, 5.41) is 14.4. The van der Waals surface area contributed by atoms with E-state index in [2.05, 4.69) is 120 Å². The van der Waals surface area contributed by atoms with Crippen molar-refractivity contribution in [1.82, 2.24) is 40.5 Å². The van der Waals surface area contributed by atoms with Crippen molar-refractivity contribution < 1.29 is 0 Å². The molecule has 12 nitrogen and oxygen atoms in total. The molecule has 2 aliphatic rings. The second-order valence-corrected chi connectivity index (χ2v) is 16.7. The number of piperidine rings is 2. The summed E-state index contributed by atoms with van der Waals surface area (Å²) in [5.41, 5.74) is -0.0723. The monoisotopic (exact) mass is 692 g/mol. The van der Waals surface area contributed by atoms with Gasteiger partial charge in [-0.3, -0.25) is 0 Å². The van der Waals surface area contributed by atoms with E-state index in [0.717, 1.165) is 64.5 Å². The number of rotatable bonds is 14. The molecule has 0 amide bonds. The minimum Gasteiger partial charge on any atom is -0.338 e. The number of halogens is 2. The number of anilines is 4. The maximum Gasteiger partial charge on any atom is 0.231 e. The fourth-order valence-electron chi connectivity index (χ4n) is 7.82. The molecule has 2 aromatic rings. The predicted octanol–water partition coefficient (Wildman–Crippen LogP) is 6.68. The number of hydrogen-bond acceptors (Lipinski definition) is 12. The zero-order chi connectivity index (χ0) is 34.6. The van der Waals surface area contributed by atoms with Crippen LogP contribution in [0.1, 0.15) is 121 Å². The number of unbranched alkanes of at least 4 members (excludes halogenated alkanes) is 2. The number of aromatic nitrogens is 6. The van der Waals surface area contributed by atoms with Crippen LogP contribution in [-0.2, 0) is 0 Å². The minimum atomic E-state index is -0.0181. The Morgan fingerprint density at radius 3 is 1.26 bits per heavy atom. The second-order valence-electron chi connectivity index (χ2n) is 16.0. The summed E-state index contributed by atoms with van der Waals surface area (Å²) >= 11 is 13.0. The molecule has 4 heterocycles. The van der Waals surface area contributed by atoms with Gasteiger partial charge in [-0.25, -0.2) is 0 Å². The highest BCUT2D eigenvalue weighted by Gasteiger charge is 2.42. The smallest absolute Gasteiger partial charge is 0.231 e. The van der Waals surface area contributed by atoms with Crippen LogP contribution in [-0.4, -0.2) is 83.9 Å². The predicted molar refractivity (Wildman–Crippen MR) is 195 cm³/mol. The van der Waals surface area contributed by atoms with Crippen LogP contribution in [0, 0.1) is 0 Å². The summed E-state index contributed by atoms with van der Waals surface area (Å²) in [7, 11) is 0. The van der Waals surface area contributed by atoms with Gasteiger partial charge in [-0.05, 0) is 117 Å². The Morgan fingerprint density at radius 2 is 0.936 bits per heavy atom. The first-order valence-electron chi connectivity index (χ1n) is 17.3. The summed E-state index contributed by atoms with van der Waals surface area (Å²) < 4.78 is 0. The third-order valence-electron chi connectivity index (χ3n) is 8.92. The fraction of sp³-hybridized carbons (Fsp3) is 0.818. The summed E-state index contributed by atoms with van der Waals surface area (Å²) in [6, 6.07) is 0.518. The molecule has 2 aromatic heterocycles. The van der Waals surface area contributed by atoms with E-state index in [1.807, 2.05) is 0 Å². The molecule has 0 spiro atoms. The molecule has 0 radical (unpaired) electrons. The van der Waals surface area contributed by atoms with E-state index in [4.69, 9.17) is 33.2 Å². The SMILES string of the molecule is CCCCN(c1nc(Cl)nc(NCNc2nc(Cl)nc(N(CCCC)C3CC(C)(C)NC(C)(C)C3)n2)n1)C1CC(C)(C)NC(C)(C)C1. The van der Waals surface area contributed by atoms with Crippen LogP contribution >= 0.6 is 23.2 Å². The van der Waals surface area contributed by atoms with Crippen LogP contribution in [0.2, 0.25) is 10.6 Å². The van der Waals surface area contributed by atoms with E-state index in [9.17, 15) is 0 Å². The van der Waals surface area contributed by atoms with Gasteiger partial charge in [0.25, 0.3) is 0 Å². The van der Waals surface area contributed by atoms with Crippen LogP contribution in [0.25, 0.3) is 0 Å². The van der Waals surface area contributed by atoms with Gasteiger partial charge < -0.3 is 31.1 Å². The molecule has 0 bridgehead atoms. The average Bonchev–Trinajstić information content (AvgIpc) is 2.89. The van der Waals surface area contributed by atoms with Gasteiger partial charge in [0, 0.05) is 47.3 Å². The van der Waals surface area contributed by atoms with Crippen LogP contribution in [0.4, 0.5) is 23.8 Å². The van der Waals surface area contributed by atoms with Crippen molar-refractivity contribution >= 4 is 47.0 Å². The zero-order valence-corrected chi connectivity index (χ0v) is 31.8. The first kappa shape index (κ1) is 37.5.